The topological polar surface area (TPSA) is 51.5 Å². The van der Waals surface area contributed by atoms with Crippen LogP contribution in [0.2, 0.25) is 0 Å². The van der Waals surface area contributed by atoms with Crippen LogP contribution in [0.25, 0.3) is 5.65 Å². The summed E-state index contributed by atoms with van der Waals surface area (Å²) in [6, 6.07) is 4.00. The van der Waals surface area contributed by atoms with E-state index in [1.165, 1.54) is 5.56 Å². The van der Waals surface area contributed by atoms with Crippen molar-refractivity contribution in [3.8, 4) is 0 Å². The number of rotatable bonds is 6. The van der Waals surface area contributed by atoms with E-state index in [1.807, 2.05) is 25.3 Å². The summed E-state index contributed by atoms with van der Waals surface area (Å²) in [6.07, 6.45) is 4.08. The van der Waals surface area contributed by atoms with Crippen molar-refractivity contribution in [2.24, 2.45) is 0 Å². The third-order valence-electron chi connectivity index (χ3n) is 2.54. The van der Waals surface area contributed by atoms with Gasteiger partial charge in [-0.3, -0.25) is 0 Å². The average Bonchev–Trinajstić information content (AvgIpc) is 2.70. The van der Waals surface area contributed by atoms with Crippen LogP contribution in [0.1, 0.15) is 18.4 Å². The minimum Gasteiger partial charge on any atom is -0.385 e. The number of pyridine rings is 1. The van der Waals surface area contributed by atoms with Gasteiger partial charge in [-0.25, -0.2) is 4.52 Å². The molecule has 0 saturated heterocycles. The van der Waals surface area contributed by atoms with Crippen LogP contribution in [0.5, 0.6) is 0 Å². The number of unbranched alkanes of at least 4 members (excludes halogenated alkanes) is 1. The number of hydrogen-bond donors (Lipinski definition) is 1. The van der Waals surface area contributed by atoms with Gasteiger partial charge in [0.15, 0.2) is 5.65 Å². The van der Waals surface area contributed by atoms with Crippen LogP contribution in [0.4, 0.5) is 5.95 Å². The van der Waals surface area contributed by atoms with Gasteiger partial charge in [-0.1, -0.05) is 6.07 Å². The molecule has 0 aromatic carbocycles. The summed E-state index contributed by atoms with van der Waals surface area (Å²) in [5.74, 6) is 0.688. The number of ether oxygens (including phenoxy) is 1. The first-order chi connectivity index (χ1) is 8.29. The monoisotopic (exact) mass is 234 g/mol. The molecule has 0 fully saturated rings. The number of aromatic nitrogens is 3. The number of anilines is 1. The fourth-order valence-corrected chi connectivity index (χ4v) is 1.63. The van der Waals surface area contributed by atoms with Gasteiger partial charge < -0.3 is 10.1 Å². The van der Waals surface area contributed by atoms with Gasteiger partial charge in [-0.2, -0.15) is 4.98 Å². The van der Waals surface area contributed by atoms with Crippen molar-refractivity contribution < 1.29 is 4.74 Å². The standard InChI is InChI=1S/C12H18N4O/c1-10-5-6-11-14-12(15-16(11)9-10)13-7-3-4-8-17-2/h5-6,9H,3-4,7-8H2,1-2H3,(H,13,15). The Hall–Kier alpha value is -1.62. The maximum atomic E-state index is 4.99. The lowest BCUT2D eigenvalue weighted by molar-refractivity contribution is 0.193. The van der Waals surface area contributed by atoms with Crippen LogP contribution in [0, 0.1) is 6.92 Å². The normalized spacial score (nSPS) is 10.9. The third-order valence-corrected chi connectivity index (χ3v) is 2.54. The van der Waals surface area contributed by atoms with E-state index in [-0.39, 0.29) is 0 Å². The quantitative estimate of drug-likeness (QED) is 0.775. The maximum Gasteiger partial charge on any atom is 0.243 e. The Morgan fingerprint density at radius 1 is 1.35 bits per heavy atom. The summed E-state index contributed by atoms with van der Waals surface area (Å²) in [5.41, 5.74) is 2.05. The van der Waals surface area contributed by atoms with Gasteiger partial charge in [-0.05, 0) is 31.4 Å². The maximum absolute atomic E-state index is 4.99. The molecular weight excluding hydrogens is 216 g/mol. The summed E-state index contributed by atoms with van der Waals surface area (Å²) in [6.45, 7) is 3.72. The molecule has 2 aromatic heterocycles. The van der Waals surface area contributed by atoms with Crippen LogP contribution in [-0.2, 0) is 4.74 Å². The first-order valence-electron chi connectivity index (χ1n) is 5.85. The molecule has 92 valence electrons. The van der Waals surface area contributed by atoms with Gasteiger partial charge in [0, 0.05) is 26.5 Å². The summed E-state index contributed by atoms with van der Waals surface area (Å²) >= 11 is 0. The van der Waals surface area contributed by atoms with Gasteiger partial charge in [0.25, 0.3) is 0 Å². The van der Waals surface area contributed by atoms with E-state index in [9.17, 15) is 0 Å². The van der Waals surface area contributed by atoms with Gasteiger partial charge in [0.1, 0.15) is 0 Å². The molecule has 0 bridgehead atoms. The lowest BCUT2D eigenvalue weighted by Crippen LogP contribution is -2.04. The fourth-order valence-electron chi connectivity index (χ4n) is 1.63. The molecule has 2 rings (SSSR count). The van der Waals surface area contributed by atoms with E-state index < -0.39 is 0 Å². The molecule has 2 aromatic rings. The summed E-state index contributed by atoms with van der Waals surface area (Å²) < 4.78 is 6.79. The highest BCUT2D eigenvalue weighted by molar-refractivity contribution is 5.43. The summed E-state index contributed by atoms with van der Waals surface area (Å²) in [4.78, 5) is 4.38. The molecular formula is C12H18N4O. The van der Waals surface area contributed by atoms with Crippen LogP contribution in [-0.4, -0.2) is 34.9 Å². The molecule has 0 amide bonds. The van der Waals surface area contributed by atoms with Gasteiger partial charge >= 0.3 is 0 Å². The number of methoxy groups -OCH3 is 1. The van der Waals surface area contributed by atoms with Gasteiger partial charge in [0.05, 0.1) is 0 Å². The SMILES string of the molecule is COCCCCNc1nc2ccc(C)cn2n1. The predicted octanol–water partition coefficient (Wildman–Crippen LogP) is 1.88. The molecule has 0 aliphatic rings. The number of nitrogens with one attached hydrogen (secondary N) is 1. The third kappa shape index (κ3) is 3.17. The largest absolute Gasteiger partial charge is 0.385 e. The zero-order valence-electron chi connectivity index (χ0n) is 10.3. The Bertz CT molecular complexity index is 480. The minimum atomic E-state index is 0.688. The van der Waals surface area contributed by atoms with E-state index in [4.69, 9.17) is 4.74 Å². The highest BCUT2D eigenvalue weighted by Crippen LogP contribution is 2.07. The van der Waals surface area contributed by atoms with Crippen molar-refractivity contribution in [1.29, 1.82) is 0 Å². The molecule has 5 nitrogen and oxygen atoms in total. The molecule has 0 atom stereocenters. The van der Waals surface area contributed by atoms with Crippen molar-refractivity contribution in [3.05, 3.63) is 23.9 Å². The molecule has 0 spiro atoms. The smallest absolute Gasteiger partial charge is 0.243 e. The van der Waals surface area contributed by atoms with Crippen molar-refractivity contribution in [2.75, 3.05) is 25.6 Å². The van der Waals surface area contributed by atoms with E-state index in [1.54, 1.807) is 11.6 Å². The predicted molar refractivity (Wildman–Crippen MR) is 67.3 cm³/mol. The van der Waals surface area contributed by atoms with E-state index in [2.05, 4.69) is 15.4 Å². The second kappa shape index (κ2) is 5.63. The molecule has 0 unspecified atom stereocenters. The van der Waals surface area contributed by atoms with Crippen LogP contribution in [0.15, 0.2) is 18.3 Å². The number of nitrogens with zero attached hydrogens (tertiary/aromatic N) is 3. The van der Waals surface area contributed by atoms with Crippen LogP contribution in [0.3, 0.4) is 0 Å². The molecule has 0 aliphatic carbocycles. The van der Waals surface area contributed by atoms with E-state index in [0.29, 0.717) is 5.95 Å². The minimum absolute atomic E-state index is 0.688. The van der Waals surface area contributed by atoms with Gasteiger partial charge in [-0.15, -0.1) is 5.10 Å². The second-order valence-electron chi connectivity index (χ2n) is 4.07. The fraction of sp³-hybridized carbons (Fsp3) is 0.500. The van der Waals surface area contributed by atoms with Crippen LogP contribution >= 0.6 is 0 Å². The summed E-state index contributed by atoms with van der Waals surface area (Å²) in [7, 11) is 1.72. The highest BCUT2D eigenvalue weighted by Gasteiger charge is 2.01. The Labute approximate surface area is 101 Å². The first-order valence-corrected chi connectivity index (χ1v) is 5.85. The summed E-state index contributed by atoms with van der Waals surface area (Å²) in [5, 5.41) is 7.57. The zero-order valence-corrected chi connectivity index (χ0v) is 10.3. The Kier molecular flexibility index (Phi) is 3.93. The Balaban J connectivity index is 1.91. The zero-order chi connectivity index (χ0) is 12.1. The molecule has 2 heterocycles. The molecule has 0 saturated carbocycles. The lowest BCUT2D eigenvalue weighted by Gasteiger charge is -2.00. The van der Waals surface area contributed by atoms with Crippen LogP contribution < -0.4 is 5.32 Å². The Morgan fingerprint density at radius 3 is 3.06 bits per heavy atom. The molecule has 0 aliphatic heterocycles. The van der Waals surface area contributed by atoms with E-state index in [0.717, 1.165) is 31.6 Å². The number of hydrogen-bond acceptors (Lipinski definition) is 4. The number of fused-ring (bicyclic) bond motifs is 1. The average molecular weight is 234 g/mol. The van der Waals surface area contributed by atoms with E-state index >= 15 is 0 Å². The molecule has 5 heteroatoms. The van der Waals surface area contributed by atoms with Crippen molar-refractivity contribution in [3.63, 3.8) is 0 Å². The number of aryl methyl sites for hydroxylation is 1. The van der Waals surface area contributed by atoms with Crippen molar-refractivity contribution in [2.45, 2.75) is 19.8 Å². The molecule has 17 heavy (non-hydrogen) atoms. The molecule has 0 radical (unpaired) electrons. The molecule has 1 N–H and O–H groups in total. The Morgan fingerprint density at radius 2 is 2.24 bits per heavy atom. The van der Waals surface area contributed by atoms with Crippen molar-refractivity contribution >= 4 is 11.6 Å². The van der Waals surface area contributed by atoms with Gasteiger partial charge in [0.2, 0.25) is 5.95 Å². The lowest BCUT2D eigenvalue weighted by atomic mass is 10.3. The van der Waals surface area contributed by atoms with Crippen molar-refractivity contribution in [1.82, 2.24) is 14.6 Å². The first kappa shape index (κ1) is 11.9. The second-order valence-corrected chi connectivity index (χ2v) is 4.07. The highest BCUT2D eigenvalue weighted by atomic mass is 16.5.